The van der Waals surface area contributed by atoms with E-state index in [1.165, 1.54) is 38.5 Å². The molecular formula is C48H80NO7+. The minimum atomic E-state index is -0.887. The lowest BCUT2D eigenvalue weighted by molar-refractivity contribution is -0.887. The molecule has 8 nitrogen and oxygen atoms in total. The Bertz CT molecular complexity index is 1190. The molecule has 2 unspecified atom stereocenters. The van der Waals surface area contributed by atoms with Crippen LogP contribution in [0.2, 0.25) is 0 Å². The third-order valence-electron chi connectivity index (χ3n) is 9.13. The van der Waals surface area contributed by atoms with E-state index >= 15 is 0 Å². The van der Waals surface area contributed by atoms with Crippen molar-refractivity contribution in [2.75, 3.05) is 41.0 Å². The summed E-state index contributed by atoms with van der Waals surface area (Å²) in [5, 5.41) is 9.61. The van der Waals surface area contributed by atoms with E-state index in [1.807, 2.05) is 57.6 Å². The van der Waals surface area contributed by atoms with E-state index in [2.05, 4.69) is 62.5 Å². The molecule has 318 valence electrons. The molecule has 0 radical (unpaired) electrons. The predicted molar refractivity (Wildman–Crippen MR) is 233 cm³/mol. The van der Waals surface area contributed by atoms with Crippen LogP contribution in [0.15, 0.2) is 85.1 Å². The fraction of sp³-hybridized carbons (Fsp3) is 0.646. The van der Waals surface area contributed by atoms with Gasteiger partial charge in [-0.1, -0.05) is 150 Å². The molecule has 0 amide bonds. The molecule has 0 rings (SSSR count). The largest absolute Gasteiger partial charge is 0.477 e. The predicted octanol–water partition coefficient (Wildman–Crippen LogP) is 11.7. The molecule has 0 saturated heterocycles. The van der Waals surface area contributed by atoms with Gasteiger partial charge in [-0.3, -0.25) is 9.59 Å². The number of rotatable bonds is 37. The van der Waals surface area contributed by atoms with E-state index in [0.717, 1.165) is 70.6 Å². The molecule has 0 aromatic rings. The van der Waals surface area contributed by atoms with Gasteiger partial charge in [-0.05, 0) is 64.2 Å². The number of hydrogen-bond donors (Lipinski definition) is 1. The Kier molecular flexibility index (Phi) is 36.0. The summed E-state index contributed by atoms with van der Waals surface area (Å²) in [7, 11) is 5.50. The highest BCUT2D eigenvalue weighted by molar-refractivity contribution is 5.72. The maximum atomic E-state index is 12.7. The van der Waals surface area contributed by atoms with Crippen molar-refractivity contribution in [1.29, 1.82) is 0 Å². The maximum Gasteiger partial charge on any atom is 0.362 e. The van der Waals surface area contributed by atoms with E-state index < -0.39 is 18.1 Å². The molecule has 0 fully saturated rings. The second-order valence-corrected chi connectivity index (χ2v) is 15.3. The topological polar surface area (TPSA) is 99.1 Å². The van der Waals surface area contributed by atoms with Gasteiger partial charge in [0, 0.05) is 19.3 Å². The first-order chi connectivity index (χ1) is 27.1. The van der Waals surface area contributed by atoms with Crippen LogP contribution >= 0.6 is 0 Å². The first kappa shape index (κ1) is 52.5. The lowest BCUT2D eigenvalue weighted by Crippen LogP contribution is -2.50. The molecule has 0 aromatic carbocycles. The standard InChI is InChI=1S/C48H79NO7/c1-6-8-10-12-14-16-18-20-21-22-23-24-25-27-28-30-32-34-36-38-46(50)55-43-44(42-54-41-40-45(48(52)53)49(3,4)5)56-47(51)39-37-35-33-31-29-26-19-17-15-13-11-9-7-2/h8-11,13-17,19-21,26,29,44-45H,6-7,12,18,22-25,27-28,30-43H2,1-5H3/p+1/b10-8+,11-9+,15-13+,16-14+,19-17+,21-20+,29-26+. The lowest BCUT2D eigenvalue weighted by Gasteiger charge is -2.31. The number of carboxylic acids is 1. The number of carbonyl (C=O) groups excluding carboxylic acids is 2. The Morgan fingerprint density at radius 1 is 0.554 bits per heavy atom. The zero-order valence-electron chi connectivity index (χ0n) is 36.1. The van der Waals surface area contributed by atoms with Gasteiger partial charge in [0.1, 0.15) is 6.61 Å². The molecule has 2 atom stereocenters. The fourth-order valence-electron chi connectivity index (χ4n) is 5.82. The fourth-order valence-corrected chi connectivity index (χ4v) is 5.82. The van der Waals surface area contributed by atoms with Crippen molar-refractivity contribution in [3.63, 3.8) is 0 Å². The number of aliphatic carboxylic acids is 1. The number of hydrogen-bond acceptors (Lipinski definition) is 6. The minimum Gasteiger partial charge on any atom is -0.477 e. The van der Waals surface area contributed by atoms with Crippen LogP contribution in [0.4, 0.5) is 0 Å². The van der Waals surface area contributed by atoms with Gasteiger partial charge < -0.3 is 23.8 Å². The van der Waals surface area contributed by atoms with Crippen LogP contribution in [-0.4, -0.2) is 80.6 Å². The van der Waals surface area contributed by atoms with Crippen molar-refractivity contribution in [3.05, 3.63) is 85.1 Å². The average molecular weight is 783 g/mol. The molecule has 56 heavy (non-hydrogen) atoms. The maximum absolute atomic E-state index is 12.7. The number of esters is 2. The smallest absolute Gasteiger partial charge is 0.362 e. The molecule has 0 spiro atoms. The Morgan fingerprint density at radius 2 is 1.04 bits per heavy atom. The van der Waals surface area contributed by atoms with E-state index in [1.54, 1.807) is 0 Å². The molecule has 0 heterocycles. The first-order valence-electron chi connectivity index (χ1n) is 21.7. The summed E-state index contributed by atoms with van der Waals surface area (Å²) < 4.78 is 17.2. The molecule has 1 N–H and O–H groups in total. The van der Waals surface area contributed by atoms with Crippen molar-refractivity contribution in [1.82, 2.24) is 0 Å². The highest BCUT2D eigenvalue weighted by atomic mass is 16.6. The molecule has 0 bridgehead atoms. The summed E-state index contributed by atoms with van der Waals surface area (Å²) in [5.41, 5.74) is 0. The van der Waals surface area contributed by atoms with Crippen LogP contribution in [-0.2, 0) is 28.6 Å². The summed E-state index contributed by atoms with van der Waals surface area (Å²) in [6.07, 6.45) is 49.2. The number of carboxylic acid groups (broad SMARTS) is 1. The highest BCUT2D eigenvalue weighted by Gasteiger charge is 2.31. The van der Waals surface area contributed by atoms with Crippen LogP contribution < -0.4 is 0 Å². The van der Waals surface area contributed by atoms with E-state index in [-0.39, 0.29) is 42.7 Å². The lowest BCUT2D eigenvalue weighted by atomic mass is 10.1. The van der Waals surface area contributed by atoms with Crippen molar-refractivity contribution in [3.8, 4) is 0 Å². The van der Waals surface area contributed by atoms with E-state index in [4.69, 9.17) is 14.2 Å². The average Bonchev–Trinajstić information content (AvgIpc) is 3.15. The molecule has 8 heteroatoms. The number of allylic oxidation sites excluding steroid dienone is 14. The van der Waals surface area contributed by atoms with Crippen molar-refractivity contribution in [2.45, 2.75) is 161 Å². The summed E-state index contributed by atoms with van der Waals surface area (Å²) in [6, 6.07) is -0.627. The summed E-state index contributed by atoms with van der Waals surface area (Å²) in [5.74, 6) is -1.54. The Balaban J connectivity index is 4.38. The van der Waals surface area contributed by atoms with Crippen molar-refractivity contribution in [2.24, 2.45) is 0 Å². The van der Waals surface area contributed by atoms with Gasteiger partial charge in [0.25, 0.3) is 0 Å². The SMILES string of the molecule is CC/C=C/C=C/C=C/C=C/CCCCCC(=O)OC(COCCC(C(=O)O)[N+](C)(C)C)COC(=O)CCCCCCCCCCC/C=C/C/C=C/C/C=C/CC. The zero-order valence-corrected chi connectivity index (χ0v) is 36.1. The van der Waals surface area contributed by atoms with Gasteiger partial charge in [0.15, 0.2) is 12.1 Å². The molecule has 0 aliphatic rings. The Hall–Kier alpha value is -3.49. The number of nitrogens with zero attached hydrogens (tertiary/aromatic N) is 1. The third-order valence-corrected chi connectivity index (χ3v) is 9.13. The highest BCUT2D eigenvalue weighted by Crippen LogP contribution is 2.13. The summed E-state index contributed by atoms with van der Waals surface area (Å²) >= 11 is 0. The van der Waals surface area contributed by atoms with Gasteiger partial charge in [0.05, 0.1) is 34.4 Å². The van der Waals surface area contributed by atoms with E-state index in [0.29, 0.717) is 19.3 Å². The zero-order chi connectivity index (χ0) is 41.4. The van der Waals surface area contributed by atoms with Crippen LogP contribution in [0.25, 0.3) is 0 Å². The molecular weight excluding hydrogens is 703 g/mol. The normalized spacial score (nSPS) is 13.8. The van der Waals surface area contributed by atoms with Gasteiger partial charge in [0.2, 0.25) is 0 Å². The van der Waals surface area contributed by atoms with E-state index in [9.17, 15) is 19.5 Å². The van der Waals surface area contributed by atoms with Gasteiger partial charge >= 0.3 is 17.9 Å². The third kappa shape index (κ3) is 36.2. The second kappa shape index (κ2) is 38.4. The van der Waals surface area contributed by atoms with Crippen molar-refractivity contribution >= 4 is 17.9 Å². The van der Waals surface area contributed by atoms with Crippen LogP contribution in [0.3, 0.4) is 0 Å². The Morgan fingerprint density at radius 3 is 1.62 bits per heavy atom. The molecule has 0 aromatic heterocycles. The quantitative estimate of drug-likeness (QED) is 0.0220. The summed E-state index contributed by atoms with van der Waals surface area (Å²) in [4.78, 5) is 36.9. The van der Waals surface area contributed by atoms with Crippen LogP contribution in [0.5, 0.6) is 0 Å². The number of likely N-dealkylation sites (N-methyl/N-ethyl adjacent to an activating group) is 1. The molecule has 0 aliphatic carbocycles. The van der Waals surface area contributed by atoms with Crippen molar-refractivity contribution < 1.29 is 38.2 Å². The van der Waals surface area contributed by atoms with Gasteiger partial charge in [-0.15, -0.1) is 0 Å². The number of ether oxygens (including phenoxy) is 3. The van der Waals surface area contributed by atoms with Gasteiger partial charge in [-0.25, -0.2) is 4.79 Å². The minimum absolute atomic E-state index is 0.0383. The Labute approximate surface area is 342 Å². The van der Waals surface area contributed by atoms with Crippen LogP contribution in [0, 0.1) is 0 Å². The number of quaternary nitrogens is 1. The number of carbonyl (C=O) groups is 3. The number of unbranched alkanes of at least 4 members (excludes halogenated alkanes) is 12. The monoisotopic (exact) mass is 783 g/mol. The molecule has 0 saturated carbocycles. The first-order valence-corrected chi connectivity index (χ1v) is 21.7. The summed E-state index contributed by atoms with van der Waals surface area (Å²) in [6.45, 7) is 4.42. The van der Waals surface area contributed by atoms with Gasteiger partial charge in [-0.2, -0.15) is 0 Å². The second-order valence-electron chi connectivity index (χ2n) is 15.3. The molecule has 0 aliphatic heterocycles. The van der Waals surface area contributed by atoms with Crippen LogP contribution in [0.1, 0.15) is 149 Å².